The molecule has 3 aromatic carbocycles. The first-order chi connectivity index (χ1) is 16.1. The van der Waals surface area contributed by atoms with Crippen molar-refractivity contribution < 1.29 is 9.59 Å². The van der Waals surface area contributed by atoms with E-state index in [9.17, 15) is 9.59 Å². The van der Waals surface area contributed by atoms with Crippen LogP contribution in [0, 0.1) is 0 Å². The van der Waals surface area contributed by atoms with Crippen LogP contribution in [0.2, 0.25) is 0 Å². The van der Waals surface area contributed by atoms with E-state index in [0.29, 0.717) is 17.0 Å². The Morgan fingerprint density at radius 1 is 0.970 bits per heavy atom. The summed E-state index contributed by atoms with van der Waals surface area (Å²) >= 11 is 1.75. The Balaban J connectivity index is 1.41. The van der Waals surface area contributed by atoms with E-state index in [4.69, 9.17) is 5.73 Å². The smallest absolute Gasteiger partial charge is 0.251 e. The van der Waals surface area contributed by atoms with Gasteiger partial charge in [-0.3, -0.25) is 9.59 Å². The Morgan fingerprint density at radius 3 is 2.45 bits per heavy atom. The third-order valence-corrected chi connectivity index (χ3v) is 6.58. The quantitative estimate of drug-likeness (QED) is 0.494. The van der Waals surface area contributed by atoms with Crippen LogP contribution in [-0.4, -0.2) is 37.8 Å². The van der Waals surface area contributed by atoms with Crippen molar-refractivity contribution in [2.24, 2.45) is 5.73 Å². The molecule has 0 fully saturated rings. The summed E-state index contributed by atoms with van der Waals surface area (Å²) in [5, 5.41) is 12.5. The molecule has 0 aliphatic carbocycles. The molecule has 1 atom stereocenters. The summed E-state index contributed by atoms with van der Waals surface area (Å²) in [4.78, 5) is 29.0. The highest BCUT2D eigenvalue weighted by atomic mass is 32.2. The number of fused-ring (bicyclic) bond motifs is 1. The van der Waals surface area contributed by atoms with Crippen LogP contribution in [0.3, 0.4) is 0 Å². The average Bonchev–Trinajstić information content (AvgIpc) is 3.32. The Labute approximate surface area is 194 Å². The van der Waals surface area contributed by atoms with E-state index in [1.54, 1.807) is 36.0 Å². The van der Waals surface area contributed by atoms with Gasteiger partial charge in [-0.2, -0.15) is 4.80 Å². The van der Waals surface area contributed by atoms with Crippen molar-refractivity contribution >= 4 is 29.3 Å². The molecule has 8 nitrogen and oxygen atoms in total. The van der Waals surface area contributed by atoms with Gasteiger partial charge in [0, 0.05) is 21.8 Å². The molecule has 0 saturated heterocycles. The number of aromatic nitrogens is 4. The Kier molecular flexibility index (Phi) is 5.62. The largest absolute Gasteiger partial charge is 0.366 e. The number of nitrogens with zero attached hydrogens (tertiary/aromatic N) is 5. The number of amides is 2. The standard InChI is InChI=1S/C24H20N6O2S/c25-23(32)17-10-12-18(13-11-17)24-26-28-29(27-24)14-22(31)30-19-8-4-5-9-21(19)33-15-20(30)16-6-2-1-3-7-16/h1-13,20H,14-15H2,(H2,25,32)/t20-/m1/s1. The minimum atomic E-state index is -0.503. The van der Waals surface area contributed by atoms with Crippen LogP contribution in [-0.2, 0) is 11.3 Å². The normalized spacial score (nSPS) is 15.2. The van der Waals surface area contributed by atoms with E-state index in [-0.39, 0.29) is 18.5 Å². The number of benzene rings is 3. The minimum absolute atomic E-state index is 0.0469. The maximum Gasteiger partial charge on any atom is 0.251 e. The second-order valence-corrected chi connectivity index (χ2v) is 8.62. The van der Waals surface area contributed by atoms with Crippen LogP contribution in [0.1, 0.15) is 22.0 Å². The van der Waals surface area contributed by atoms with Gasteiger partial charge >= 0.3 is 0 Å². The van der Waals surface area contributed by atoms with E-state index in [0.717, 1.165) is 21.9 Å². The predicted octanol–water partition coefficient (Wildman–Crippen LogP) is 3.32. The molecule has 2 heterocycles. The van der Waals surface area contributed by atoms with Crippen LogP contribution in [0.25, 0.3) is 11.4 Å². The molecule has 2 N–H and O–H groups in total. The number of hydrogen-bond donors (Lipinski definition) is 1. The number of thioether (sulfide) groups is 1. The summed E-state index contributed by atoms with van der Waals surface area (Å²) in [7, 11) is 0. The SMILES string of the molecule is NC(=O)c1ccc(-c2nnn(CC(=O)N3c4ccccc4SC[C@@H]3c3ccccc3)n2)cc1. The van der Waals surface area contributed by atoms with Crippen molar-refractivity contribution in [3.63, 3.8) is 0 Å². The molecule has 33 heavy (non-hydrogen) atoms. The highest BCUT2D eigenvalue weighted by Gasteiger charge is 2.32. The summed E-state index contributed by atoms with van der Waals surface area (Å²) in [5.74, 6) is 0.504. The number of nitrogens with two attached hydrogens (primary N) is 1. The van der Waals surface area contributed by atoms with Gasteiger partial charge in [0.25, 0.3) is 5.91 Å². The molecule has 1 aliphatic heterocycles. The van der Waals surface area contributed by atoms with Gasteiger partial charge in [-0.25, -0.2) is 0 Å². The number of rotatable bonds is 5. The van der Waals surface area contributed by atoms with E-state index >= 15 is 0 Å². The van der Waals surface area contributed by atoms with Crippen LogP contribution in [0.4, 0.5) is 5.69 Å². The summed E-state index contributed by atoms with van der Waals surface area (Å²) < 4.78 is 0. The van der Waals surface area contributed by atoms with E-state index in [2.05, 4.69) is 15.4 Å². The van der Waals surface area contributed by atoms with Gasteiger partial charge in [-0.15, -0.1) is 22.0 Å². The Morgan fingerprint density at radius 2 is 1.70 bits per heavy atom. The topological polar surface area (TPSA) is 107 Å². The maximum atomic E-state index is 13.5. The van der Waals surface area contributed by atoms with Crippen LogP contribution >= 0.6 is 11.8 Å². The van der Waals surface area contributed by atoms with Crippen LogP contribution in [0.15, 0.2) is 83.8 Å². The lowest BCUT2D eigenvalue weighted by atomic mass is 10.1. The summed E-state index contributed by atoms with van der Waals surface area (Å²) in [6.07, 6.45) is 0. The zero-order chi connectivity index (χ0) is 22.8. The number of carbonyl (C=O) groups excluding carboxylic acids is 2. The lowest BCUT2D eigenvalue weighted by Crippen LogP contribution is -2.40. The van der Waals surface area contributed by atoms with Gasteiger partial charge in [0.1, 0.15) is 6.54 Å². The molecule has 9 heteroatoms. The first-order valence-electron chi connectivity index (χ1n) is 10.4. The van der Waals surface area contributed by atoms with Gasteiger partial charge in [0.2, 0.25) is 11.7 Å². The average molecular weight is 457 g/mol. The Bertz CT molecular complexity index is 1310. The van der Waals surface area contributed by atoms with Gasteiger partial charge in [0.15, 0.2) is 0 Å². The number of hydrogen-bond acceptors (Lipinski definition) is 6. The molecule has 1 aliphatic rings. The summed E-state index contributed by atoms with van der Waals surface area (Å²) in [6.45, 7) is -0.0469. The first-order valence-corrected chi connectivity index (χ1v) is 11.4. The van der Waals surface area contributed by atoms with Gasteiger partial charge in [-0.05, 0) is 35.0 Å². The summed E-state index contributed by atoms with van der Waals surface area (Å²) in [6, 6.07) is 24.5. The number of tetrazole rings is 1. The molecule has 0 bridgehead atoms. The molecule has 0 spiro atoms. The van der Waals surface area contributed by atoms with Gasteiger partial charge in [-0.1, -0.05) is 54.6 Å². The van der Waals surface area contributed by atoms with Crippen molar-refractivity contribution in [3.8, 4) is 11.4 Å². The molecule has 2 amide bonds. The zero-order valence-corrected chi connectivity index (χ0v) is 18.4. The fourth-order valence-electron chi connectivity index (χ4n) is 3.82. The van der Waals surface area contributed by atoms with Crippen molar-refractivity contribution in [2.45, 2.75) is 17.5 Å². The van der Waals surface area contributed by atoms with Gasteiger partial charge in [0.05, 0.1) is 11.7 Å². The third kappa shape index (κ3) is 4.22. The highest BCUT2D eigenvalue weighted by molar-refractivity contribution is 7.99. The van der Waals surface area contributed by atoms with E-state index in [1.807, 2.05) is 59.5 Å². The maximum absolute atomic E-state index is 13.5. The fraction of sp³-hybridized carbons (Fsp3) is 0.125. The predicted molar refractivity (Wildman–Crippen MR) is 126 cm³/mol. The zero-order valence-electron chi connectivity index (χ0n) is 17.5. The molecule has 0 saturated carbocycles. The van der Waals surface area contributed by atoms with Gasteiger partial charge < -0.3 is 10.6 Å². The fourth-order valence-corrected chi connectivity index (χ4v) is 4.99. The van der Waals surface area contributed by atoms with Crippen molar-refractivity contribution in [1.82, 2.24) is 20.2 Å². The second-order valence-electron chi connectivity index (χ2n) is 7.55. The highest BCUT2D eigenvalue weighted by Crippen LogP contribution is 2.43. The lowest BCUT2D eigenvalue weighted by Gasteiger charge is -2.37. The Hall–Kier alpha value is -3.98. The van der Waals surface area contributed by atoms with Crippen molar-refractivity contribution in [2.75, 3.05) is 10.7 Å². The number of primary amides is 1. The second kappa shape index (κ2) is 8.87. The number of carbonyl (C=O) groups is 2. The van der Waals surface area contributed by atoms with E-state index in [1.165, 1.54) is 4.80 Å². The number of anilines is 1. The lowest BCUT2D eigenvalue weighted by molar-refractivity contribution is -0.120. The van der Waals surface area contributed by atoms with Crippen molar-refractivity contribution in [1.29, 1.82) is 0 Å². The van der Waals surface area contributed by atoms with Crippen LogP contribution < -0.4 is 10.6 Å². The number of para-hydroxylation sites is 1. The molecule has 1 aromatic heterocycles. The molecule has 0 unspecified atom stereocenters. The van der Waals surface area contributed by atoms with E-state index < -0.39 is 5.91 Å². The molecule has 0 radical (unpaired) electrons. The monoisotopic (exact) mass is 456 g/mol. The third-order valence-electron chi connectivity index (χ3n) is 5.44. The summed E-state index contributed by atoms with van der Waals surface area (Å²) in [5.41, 5.74) is 8.33. The van der Waals surface area contributed by atoms with Crippen molar-refractivity contribution in [3.05, 3.63) is 90.0 Å². The van der Waals surface area contributed by atoms with Crippen LogP contribution in [0.5, 0.6) is 0 Å². The molecule has 164 valence electrons. The minimum Gasteiger partial charge on any atom is -0.366 e. The first kappa shape index (κ1) is 20.9. The molecular weight excluding hydrogens is 436 g/mol. The molecule has 5 rings (SSSR count). The molecular formula is C24H20N6O2S. The molecule has 4 aromatic rings.